The SMILES string of the molecule is COc1cccc(-n2nc(-c3ccccc3)c(C)c2Cl)c1. The van der Waals surface area contributed by atoms with Gasteiger partial charge in [0.15, 0.2) is 0 Å². The van der Waals surface area contributed by atoms with Crippen LogP contribution in [0, 0.1) is 6.92 Å². The van der Waals surface area contributed by atoms with Crippen molar-refractivity contribution in [3.8, 4) is 22.7 Å². The fourth-order valence-electron chi connectivity index (χ4n) is 2.26. The topological polar surface area (TPSA) is 27.1 Å². The maximum absolute atomic E-state index is 6.45. The van der Waals surface area contributed by atoms with E-state index in [-0.39, 0.29) is 0 Å². The number of benzene rings is 2. The minimum atomic E-state index is 0.613. The Kier molecular flexibility index (Phi) is 3.67. The summed E-state index contributed by atoms with van der Waals surface area (Å²) in [5.74, 6) is 0.776. The summed E-state index contributed by atoms with van der Waals surface area (Å²) in [4.78, 5) is 0. The molecule has 3 aromatic rings. The summed E-state index contributed by atoms with van der Waals surface area (Å²) < 4.78 is 6.99. The van der Waals surface area contributed by atoms with E-state index in [1.54, 1.807) is 11.8 Å². The molecule has 0 aliphatic carbocycles. The zero-order chi connectivity index (χ0) is 14.8. The Morgan fingerprint density at radius 1 is 1.05 bits per heavy atom. The molecular weight excluding hydrogens is 284 g/mol. The van der Waals surface area contributed by atoms with Crippen molar-refractivity contribution in [1.82, 2.24) is 9.78 Å². The average Bonchev–Trinajstić information content (AvgIpc) is 2.84. The highest BCUT2D eigenvalue weighted by molar-refractivity contribution is 6.31. The molecule has 106 valence electrons. The highest BCUT2D eigenvalue weighted by Crippen LogP contribution is 2.30. The molecule has 21 heavy (non-hydrogen) atoms. The summed E-state index contributed by atoms with van der Waals surface area (Å²) in [5, 5.41) is 5.27. The third-order valence-electron chi connectivity index (χ3n) is 3.40. The van der Waals surface area contributed by atoms with Gasteiger partial charge in [-0.1, -0.05) is 48.0 Å². The Bertz CT molecular complexity index is 766. The van der Waals surface area contributed by atoms with E-state index in [1.807, 2.05) is 61.5 Å². The molecule has 4 heteroatoms. The fraction of sp³-hybridized carbons (Fsp3) is 0.118. The molecule has 0 amide bonds. The first-order chi connectivity index (χ1) is 10.2. The molecule has 0 aliphatic rings. The first-order valence-electron chi connectivity index (χ1n) is 6.65. The Balaban J connectivity index is 2.12. The second kappa shape index (κ2) is 5.62. The van der Waals surface area contributed by atoms with Gasteiger partial charge in [0.2, 0.25) is 0 Å². The molecule has 0 aliphatic heterocycles. The number of hydrogen-bond acceptors (Lipinski definition) is 2. The van der Waals surface area contributed by atoms with Crippen LogP contribution in [0.4, 0.5) is 0 Å². The van der Waals surface area contributed by atoms with E-state index in [9.17, 15) is 0 Å². The summed E-state index contributed by atoms with van der Waals surface area (Å²) in [6.45, 7) is 1.98. The lowest BCUT2D eigenvalue weighted by molar-refractivity contribution is 0.414. The lowest BCUT2D eigenvalue weighted by Gasteiger charge is -2.05. The Hall–Kier alpha value is -2.26. The van der Waals surface area contributed by atoms with Crippen LogP contribution >= 0.6 is 11.6 Å². The van der Waals surface area contributed by atoms with Gasteiger partial charge in [-0.2, -0.15) is 5.10 Å². The van der Waals surface area contributed by atoms with Gasteiger partial charge in [0, 0.05) is 17.2 Å². The first-order valence-corrected chi connectivity index (χ1v) is 7.03. The van der Waals surface area contributed by atoms with E-state index in [1.165, 1.54) is 0 Å². The van der Waals surface area contributed by atoms with Gasteiger partial charge in [0.05, 0.1) is 18.5 Å². The molecule has 0 atom stereocenters. The van der Waals surface area contributed by atoms with E-state index >= 15 is 0 Å². The quantitative estimate of drug-likeness (QED) is 0.711. The van der Waals surface area contributed by atoms with Gasteiger partial charge >= 0.3 is 0 Å². The highest BCUT2D eigenvalue weighted by atomic mass is 35.5. The third-order valence-corrected chi connectivity index (χ3v) is 3.84. The molecule has 1 heterocycles. The van der Waals surface area contributed by atoms with E-state index in [4.69, 9.17) is 16.3 Å². The van der Waals surface area contributed by atoms with Crippen LogP contribution in [0.1, 0.15) is 5.56 Å². The van der Waals surface area contributed by atoms with Gasteiger partial charge in [-0.3, -0.25) is 0 Å². The van der Waals surface area contributed by atoms with E-state index in [2.05, 4.69) is 5.10 Å². The molecule has 0 spiro atoms. The van der Waals surface area contributed by atoms with Crippen molar-refractivity contribution in [2.24, 2.45) is 0 Å². The summed E-state index contributed by atoms with van der Waals surface area (Å²) >= 11 is 6.45. The van der Waals surface area contributed by atoms with Crippen LogP contribution in [0.15, 0.2) is 54.6 Å². The smallest absolute Gasteiger partial charge is 0.136 e. The van der Waals surface area contributed by atoms with E-state index in [0.29, 0.717) is 5.15 Å². The monoisotopic (exact) mass is 298 g/mol. The standard InChI is InChI=1S/C17H15ClN2O/c1-12-16(13-7-4-3-5-8-13)19-20(17(12)18)14-9-6-10-15(11-14)21-2/h3-11H,1-2H3. The number of aromatic nitrogens is 2. The van der Waals surface area contributed by atoms with Crippen molar-refractivity contribution in [1.29, 1.82) is 0 Å². The van der Waals surface area contributed by atoms with E-state index in [0.717, 1.165) is 28.3 Å². The van der Waals surface area contributed by atoms with Gasteiger partial charge in [-0.05, 0) is 19.1 Å². The zero-order valence-electron chi connectivity index (χ0n) is 11.9. The number of methoxy groups -OCH3 is 1. The molecule has 3 nitrogen and oxygen atoms in total. The zero-order valence-corrected chi connectivity index (χ0v) is 12.6. The van der Waals surface area contributed by atoms with Gasteiger partial charge in [0.1, 0.15) is 10.9 Å². The number of nitrogens with zero attached hydrogens (tertiary/aromatic N) is 2. The van der Waals surface area contributed by atoms with Crippen LogP contribution in [0.3, 0.4) is 0 Å². The fourth-order valence-corrected chi connectivity index (χ4v) is 2.48. The summed E-state index contributed by atoms with van der Waals surface area (Å²) in [6, 6.07) is 17.7. The van der Waals surface area contributed by atoms with Crippen molar-refractivity contribution in [2.75, 3.05) is 7.11 Å². The van der Waals surface area contributed by atoms with Crippen LogP contribution in [-0.2, 0) is 0 Å². The Labute approximate surface area is 128 Å². The van der Waals surface area contributed by atoms with Crippen LogP contribution in [0.5, 0.6) is 5.75 Å². The molecule has 0 saturated carbocycles. The Morgan fingerprint density at radius 2 is 1.81 bits per heavy atom. The van der Waals surface area contributed by atoms with Crippen LogP contribution in [0.2, 0.25) is 5.15 Å². The summed E-state index contributed by atoms with van der Waals surface area (Å²) in [6.07, 6.45) is 0. The van der Waals surface area contributed by atoms with Crippen molar-refractivity contribution in [3.05, 3.63) is 65.3 Å². The lowest BCUT2D eigenvalue weighted by Crippen LogP contribution is -1.97. The van der Waals surface area contributed by atoms with Crippen LogP contribution in [0.25, 0.3) is 16.9 Å². The second-order valence-corrected chi connectivity index (χ2v) is 5.10. The second-order valence-electron chi connectivity index (χ2n) is 4.74. The molecule has 2 aromatic carbocycles. The number of halogens is 1. The summed E-state index contributed by atoms with van der Waals surface area (Å²) in [5.41, 5.74) is 3.79. The van der Waals surface area contributed by atoms with Crippen LogP contribution < -0.4 is 4.74 Å². The molecule has 0 unspecified atom stereocenters. The van der Waals surface area contributed by atoms with Crippen molar-refractivity contribution in [3.63, 3.8) is 0 Å². The molecular formula is C17H15ClN2O. The number of ether oxygens (including phenoxy) is 1. The van der Waals surface area contributed by atoms with E-state index < -0.39 is 0 Å². The average molecular weight is 299 g/mol. The van der Waals surface area contributed by atoms with Crippen molar-refractivity contribution in [2.45, 2.75) is 6.92 Å². The molecule has 3 rings (SSSR count). The number of rotatable bonds is 3. The first kappa shape index (κ1) is 13.7. The largest absolute Gasteiger partial charge is 0.497 e. The highest BCUT2D eigenvalue weighted by Gasteiger charge is 2.15. The van der Waals surface area contributed by atoms with Crippen molar-refractivity contribution < 1.29 is 4.74 Å². The van der Waals surface area contributed by atoms with Gasteiger partial charge < -0.3 is 4.74 Å². The normalized spacial score (nSPS) is 10.6. The minimum Gasteiger partial charge on any atom is -0.497 e. The van der Waals surface area contributed by atoms with Crippen molar-refractivity contribution >= 4 is 11.6 Å². The molecule has 0 fully saturated rings. The minimum absolute atomic E-state index is 0.613. The lowest BCUT2D eigenvalue weighted by atomic mass is 10.1. The molecule has 0 radical (unpaired) electrons. The molecule has 0 N–H and O–H groups in total. The molecule has 0 bridgehead atoms. The molecule has 0 saturated heterocycles. The van der Waals surface area contributed by atoms with Gasteiger partial charge in [-0.25, -0.2) is 4.68 Å². The maximum atomic E-state index is 6.45. The van der Waals surface area contributed by atoms with Crippen LogP contribution in [-0.4, -0.2) is 16.9 Å². The van der Waals surface area contributed by atoms with Gasteiger partial charge in [-0.15, -0.1) is 0 Å². The summed E-state index contributed by atoms with van der Waals surface area (Å²) in [7, 11) is 1.64. The third kappa shape index (κ3) is 2.52. The Morgan fingerprint density at radius 3 is 2.52 bits per heavy atom. The molecule has 1 aromatic heterocycles. The van der Waals surface area contributed by atoms with Gasteiger partial charge in [0.25, 0.3) is 0 Å². The number of hydrogen-bond donors (Lipinski definition) is 0. The predicted octanol–water partition coefficient (Wildman–Crippen LogP) is 4.51. The maximum Gasteiger partial charge on any atom is 0.136 e. The predicted molar refractivity (Wildman–Crippen MR) is 85.3 cm³/mol.